The number of carbonyl (C=O) groups excluding carboxylic acids is 1. The summed E-state index contributed by atoms with van der Waals surface area (Å²) in [5, 5.41) is 0. The largest absolute Gasteiger partial charge is 0.295 e. The highest BCUT2D eigenvalue weighted by molar-refractivity contribution is 6.08. The number of benzene rings is 1. The fourth-order valence-corrected chi connectivity index (χ4v) is 1.34. The van der Waals surface area contributed by atoms with Gasteiger partial charge in [-0.25, -0.2) is 0 Å². The average Bonchev–Trinajstić information content (AvgIpc) is 2.06. The molecular formula is C10H11OSi. The number of Topliss-reactive ketones (excluding diaryl/α,β-unsaturated/α-hetero) is 1. The molecule has 0 amide bonds. The minimum atomic E-state index is 0.125. The second-order valence-electron chi connectivity index (χ2n) is 2.75. The zero-order chi connectivity index (χ0) is 8.97. The maximum absolute atomic E-state index is 10.9. The van der Waals surface area contributed by atoms with Gasteiger partial charge in [-0.05, 0) is 18.9 Å². The van der Waals surface area contributed by atoms with Gasteiger partial charge in [0.1, 0.15) is 0 Å². The molecule has 61 valence electrons. The first kappa shape index (κ1) is 9.20. The first-order valence-electron chi connectivity index (χ1n) is 3.98. The molecule has 0 atom stereocenters. The van der Waals surface area contributed by atoms with E-state index in [0.717, 1.165) is 18.0 Å². The molecule has 0 spiro atoms. The summed E-state index contributed by atoms with van der Waals surface area (Å²) in [6.07, 6.45) is 1.01. The molecule has 0 aliphatic carbocycles. The van der Waals surface area contributed by atoms with Crippen molar-refractivity contribution in [3.63, 3.8) is 0 Å². The second-order valence-corrected chi connectivity index (χ2v) is 3.25. The lowest BCUT2D eigenvalue weighted by atomic mass is 10.1. The number of hydrogen-bond donors (Lipinski definition) is 0. The highest BCUT2D eigenvalue weighted by Gasteiger charge is 1.97. The highest BCUT2D eigenvalue weighted by atomic mass is 28.1. The first-order valence-corrected chi connectivity index (χ1v) is 4.69. The lowest BCUT2D eigenvalue weighted by Crippen LogP contribution is -1.92. The van der Waals surface area contributed by atoms with Crippen LogP contribution in [0.1, 0.15) is 22.8 Å². The minimum absolute atomic E-state index is 0.125. The summed E-state index contributed by atoms with van der Waals surface area (Å²) in [5.41, 5.74) is 2.04. The fraction of sp³-hybridized carbons (Fsp3) is 0.300. The van der Waals surface area contributed by atoms with E-state index in [9.17, 15) is 4.79 Å². The molecule has 0 aliphatic rings. The van der Waals surface area contributed by atoms with Gasteiger partial charge in [0.15, 0.2) is 5.78 Å². The van der Waals surface area contributed by atoms with Gasteiger partial charge in [0.2, 0.25) is 0 Å². The lowest BCUT2D eigenvalue weighted by molar-refractivity contribution is 0.101. The van der Waals surface area contributed by atoms with Crippen molar-refractivity contribution >= 4 is 16.0 Å². The molecule has 3 radical (unpaired) electrons. The Morgan fingerprint density at radius 2 is 1.92 bits per heavy atom. The SMILES string of the molecule is CC(=O)c1ccc(CC[Si])cc1. The van der Waals surface area contributed by atoms with Crippen LogP contribution < -0.4 is 0 Å². The van der Waals surface area contributed by atoms with Gasteiger partial charge in [-0.1, -0.05) is 30.3 Å². The molecule has 0 aliphatic heterocycles. The molecule has 1 rings (SSSR count). The third kappa shape index (κ3) is 2.31. The number of carbonyl (C=O) groups is 1. The van der Waals surface area contributed by atoms with Gasteiger partial charge in [-0.15, -0.1) is 0 Å². The molecule has 2 heteroatoms. The number of aryl methyl sites for hydroxylation is 1. The Kier molecular flexibility index (Phi) is 3.23. The van der Waals surface area contributed by atoms with E-state index in [1.54, 1.807) is 6.92 Å². The molecule has 0 saturated carbocycles. The maximum Gasteiger partial charge on any atom is 0.159 e. The summed E-state index contributed by atoms with van der Waals surface area (Å²) >= 11 is 0. The van der Waals surface area contributed by atoms with E-state index in [1.165, 1.54) is 5.56 Å². The molecule has 0 unspecified atom stereocenters. The standard InChI is InChI=1S/C10H11OSi/c1-8(11)10-4-2-9(3-5-10)6-7-12/h2-5H,6-7H2,1H3. The molecule has 12 heavy (non-hydrogen) atoms. The third-order valence-corrected chi connectivity index (χ3v) is 2.02. The van der Waals surface area contributed by atoms with Crippen molar-refractivity contribution in [1.82, 2.24) is 0 Å². The molecule has 0 saturated heterocycles. The van der Waals surface area contributed by atoms with Crippen LogP contribution in [0.3, 0.4) is 0 Å². The van der Waals surface area contributed by atoms with Crippen LogP contribution in [0.25, 0.3) is 0 Å². The van der Waals surface area contributed by atoms with Crippen molar-refractivity contribution in [2.75, 3.05) is 0 Å². The first-order chi connectivity index (χ1) is 5.74. The highest BCUT2D eigenvalue weighted by Crippen LogP contribution is 2.06. The van der Waals surface area contributed by atoms with E-state index in [-0.39, 0.29) is 5.78 Å². The van der Waals surface area contributed by atoms with Gasteiger partial charge in [0.05, 0.1) is 0 Å². The van der Waals surface area contributed by atoms with Crippen molar-refractivity contribution in [2.24, 2.45) is 0 Å². The molecule has 0 N–H and O–H groups in total. The topological polar surface area (TPSA) is 17.1 Å². The number of hydrogen-bond acceptors (Lipinski definition) is 1. The molecule has 0 bridgehead atoms. The van der Waals surface area contributed by atoms with Gasteiger partial charge in [-0.3, -0.25) is 4.79 Å². The van der Waals surface area contributed by atoms with Crippen molar-refractivity contribution in [3.8, 4) is 0 Å². The Morgan fingerprint density at radius 1 is 1.33 bits per heavy atom. The average molecular weight is 175 g/mol. The summed E-state index contributed by atoms with van der Waals surface area (Å²) < 4.78 is 0. The van der Waals surface area contributed by atoms with E-state index >= 15 is 0 Å². The normalized spacial score (nSPS) is 9.83. The summed E-state index contributed by atoms with van der Waals surface area (Å²) in [5.74, 6) is 0.125. The van der Waals surface area contributed by atoms with E-state index in [4.69, 9.17) is 0 Å². The summed E-state index contributed by atoms with van der Waals surface area (Å²) in [6, 6.07) is 8.70. The Balaban J connectivity index is 2.78. The summed E-state index contributed by atoms with van der Waals surface area (Å²) in [4.78, 5) is 10.9. The second kappa shape index (κ2) is 4.21. The van der Waals surface area contributed by atoms with Gasteiger partial charge in [-0.2, -0.15) is 0 Å². The van der Waals surface area contributed by atoms with Crippen LogP contribution in [0, 0.1) is 0 Å². The van der Waals surface area contributed by atoms with Crippen molar-refractivity contribution in [3.05, 3.63) is 35.4 Å². The number of rotatable bonds is 3. The van der Waals surface area contributed by atoms with E-state index in [2.05, 4.69) is 10.2 Å². The third-order valence-electron chi connectivity index (χ3n) is 1.77. The lowest BCUT2D eigenvalue weighted by Gasteiger charge is -1.98. The van der Waals surface area contributed by atoms with Crippen LogP contribution in [-0.2, 0) is 6.42 Å². The van der Waals surface area contributed by atoms with Crippen LogP contribution in [0.4, 0.5) is 0 Å². The van der Waals surface area contributed by atoms with E-state index < -0.39 is 0 Å². The molecule has 1 aromatic rings. The Hall–Kier alpha value is -0.893. The van der Waals surface area contributed by atoms with Crippen molar-refractivity contribution in [2.45, 2.75) is 19.4 Å². The van der Waals surface area contributed by atoms with Gasteiger partial charge in [0, 0.05) is 15.8 Å². The number of ketones is 1. The monoisotopic (exact) mass is 175 g/mol. The predicted octanol–water partition coefficient (Wildman–Crippen LogP) is 2.02. The Bertz CT molecular complexity index is 264. The molecule has 1 nitrogen and oxygen atoms in total. The fourth-order valence-electron chi connectivity index (χ4n) is 1.05. The van der Waals surface area contributed by atoms with E-state index in [0.29, 0.717) is 0 Å². The van der Waals surface area contributed by atoms with Crippen molar-refractivity contribution < 1.29 is 4.79 Å². The van der Waals surface area contributed by atoms with Gasteiger partial charge < -0.3 is 0 Å². The summed E-state index contributed by atoms with van der Waals surface area (Å²) in [6.45, 7) is 1.58. The predicted molar refractivity (Wildman–Crippen MR) is 50.7 cm³/mol. The molecule has 1 aromatic carbocycles. The van der Waals surface area contributed by atoms with Crippen LogP contribution >= 0.6 is 0 Å². The summed E-state index contributed by atoms with van der Waals surface area (Å²) in [7, 11) is 3.41. The van der Waals surface area contributed by atoms with Crippen LogP contribution in [0.5, 0.6) is 0 Å². The zero-order valence-corrected chi connectivity index (χ0v) is 8.13. The molecule has 0 aromatic heterocycles. The van der Waals surface area contributed by atoms with Crippen LogP contribution in [-0.4, -0.2) is 16.0 Å². The Morgan fingerprint density at radius 3 is 2.33 bits per heavy atom. The molecular weight excluding hydrogens is 164 g/mol. The van der Waals surface area contributed by atoms with Crippen molar-refractivity contribution in [1.29, 1.82) is 0 Å². The quantitative estimate of drug-likeness (QED) is 0.507. The smallest absolute Gasteiger partial charge is 0.159 e. The Labute approximate surface area is 76.2 Å². The van der Waals surface area contributed by atoms with E-state index in [1.807, 2.05) is 24.3 Å². The molecule has 0 fully saturated rings. The van der Waals surface area contributed by atoms with Crippen LogP contribution in [0.15, 0.2) is 24.3 Å². The van der Waals surface area contributed by atoms with Gasteiger partial charge >= 0.3 is 0 Å². The maximum atomic E-state index is 10.9. The minimum Gasteiger partial charge on any atom is -0.295 e. The van der Waals surface area contributed by atoms with Gasteiger partial charge in [0.25, 0.3) is 0 Å². The zero-order valence-electron chi connectivity index (χ0n) is 7.13. The van der Waals surface area contributed by atoms with Crippen LogP contribution in [0.2, 0.25) is 6.04 Å². The molecule has 0 heterocycles.